The van der Waals surface area contributed by atoms with Crippen LogP contribution in [-0.4, -0.2) is 15.3 Å². The zero-order chi connectivity index (χ0) is 16.5. The van der Waals surface area contributed by atoms with Crippen LogP contribution in [0, 0.1) is 11.8 Å². The molecular weight excluding hydrogens is 296 g/mol. The van der Waals surface area contributed by atoms with Crippen LogP contribution in [-0.2, 0) is 24.7 Å². The lowest BCUT2D eigenvalue weighted by Gasteiger charge is -2.49. The summed E-state index contributed by atoms with van der Waals surface area (Å²) in [5.41, 5.74) is 7.41. The number of aromatic hydroxyl groups is 1. The van der Waals surface area contributed by atoms with Crippen LogP contribution in [0.5, 0.6) is 5.75 Å². The number of phenolic OH excluding ortho intramolecular Hbond substituents is 1. The number of rotatable bonds is 1. The summed E-state index contributed by atoms with van der Waals surface area (Å²) in [5.74, 6) is 2.59. The second-order valence-electron chi connectivity index (χ2n) is 8.34. The van der Waals surface area contributed by atoms with E-state index in [2.05, 4.69) is 25.0 Å². The lowest BCUT2D eigenvalue weighted by Crippen LogP contribution is -2.43. The quantitative estimate of drug-likeness (QED) is 0.824. The molecule has 0 spiro atoms. The minimum absolute atomic E-state index is 0.259. The molecule has 3 aliphatic rings. The lowest BCUT2D eigenvalue weighted by molar-refractivity contribution is 0.103. The molecule has 1 fully saturated rings. The molecule has 126 valence electrons. The average Bonchev–Trinajstić information content (AvgIpc) is 3.12. The Morgan fingerprint density at radius 2 is 2.21 bits per heavy atom. The van der Waals surface area contributed by atoms with Crippen molar-refractivity contribution in [2.24, 2.45) is 11.8 Å². The zero-order valence-corrected chi connectivity index (χ0v) is 14.6. The lowest BCUT2D eigenvalue weighted by atomic mass is 9.55. The largest absolute Gasteiger partial charge is 0.508 e. The minimum Gasteiger partial charge on any atom is -0.508 e. The number of fused-ring (bicyclic) bond motifs is 7. The van der Waals surface area contributed by atoms with Gasteiger partial charge in [0.15, 0.2) is 0 Å². The molecule has 1 aromatic carbocycles. The van der Waals surface area contributed by atoms with Gasteiger partial charge in [0.05, 0.1) is 5.69 Å². The highest BCUT2D eigenvalue weighted by atomic mass is 16.3. The number of benzene rings is 1. The SMILES string of the molecule is CCc1[nH]nc2c1CC1C3CCc4cc(O)ccc4C3CC[C@]21C. The van der Waals surface area contributed by atoms with Gasteiger partial charge in [0.1, 0.15) is 5.75 Å². The molecule has 4 atom stereocenters. The number of hydrogen-bond donors (Lipinski definition) is 2. The molecule has 3 heteroatoms. The third-order valence-electron chi connectivity index (χ3n) is 7.37. The summed E-state index contributed by atoms with van der Waals surface area (Å²) in [5, 5.41) is 17.9. The van der Waals surface area contributed by atoms with Crippen molar-refractivity contribution < 1.29 is 5.11 Å². The van der Waals surface area contributed by atoms with E-state index in [1.807, 2.05) is 12.1 Å². The summed E-state index contributed by atoms with van der Waals surface area (Å²) in [6.45, 7) is 4.69. The molecular formula is C21H26N2O. The predicted molar refractivity (Wildman–Crippen MR) is 94.4 cm³/mol. The van der Waals surface area contributed by atoms with Gasteiger partial charge in [-0.1, -0.05) is 19.9 Å². The molecule has 0 aliphatic heterocycles. The Morgan fingerprint density at radius 3 is 3.04 bits per heavy atom. The molecule has 3 aliphatic carbocycles. The van der Waals surface area contributed by atoms with Crippen LogP contribution in [0.25, 0.3) is 0 Å². The Bertz CT molecular complexity index is 808. The average molecular weight is 322 g/mol. The number of nitrogens with one attached hydrogen (secondary N) is 1. The van der Waals surface area contributed by atoms with E-state index in [9.17, 15) is 5.11 Å². The zero-order valence-electron chi connectivity index (χ0n) is 14.6. The normalized spacial score (nSPS) is 33.5. The van der Waals surface area contributed by atoms with Gasteiger partial charge in [0, 0.05) is 11.1 Å². The van der Waals surface area contributed by atoms with Crippen LogP contribution in [0.3, 0.4) is 0 Å². The number of H-pyrrole nitrogens is 1. The molecule has 2 aromatic rings. The Kier molecular flexibility index (Phi) is 2.96. The van der Waals surface area contributed by atoms with E-state index >= 15 is 0 Å². The van der Waals surface area contributed by atoms with E-state index in [1.165, 1.54) is 53.8 Å². The van der Waals surface area contributed by atoms with Gasteiger partial charge in [-0.3, -0.25) is 5.10 Å². The molecule has 5 rings (SSSR count). The maximum absolute atomic E-state index is 9.81. The Hall–Kier alpha value is -1.77. The minimum atomic E-state index is 0.259. The Labute approximate surface area is 143 Å². The fraction of sp³-hybridized carbons (Fsp3) is 0.571. The van der Waals surface area contributed by atoms with Crippen molar-refractivity contribution in [3.8, 4) is 5.75 Å². The van der Waals surface area contributed by atoms with Gasteiger partial charge < -0.3 is 5.11 Å². The predicted octanol–water partition coefficient (Wildman–Crippen LogP) is 4.25. The van der Waals surface area contributed by atoms with Crippen molar-refractivity contribution in [2.75, 3.05) is 0 Å². The van der Waals surface area contributed by atoms with Crippen LogP contribution in [0.2, 0.25) is 0 Å². The summed E-state index contributed by atoms with van der Waals surface area (Å²) in [7, 11) is 0. The summed E-state index contributed by atoms with van der Waals surface area (Å²) >= 11 is 0. The molecule has 24 heavy (non-hydrogen) atoms. The van der Waals surface area contributed by atoms with Crippen molar-refractivity contribution in [1.29, 1.82) is 0 Å². The topological polar surface area (TPSA) is 48.9 Å². The van der Waals surface area contributed by atoms with Gasteiger partial charge in [-0.25, -0.2) is 0 Å². The van der Waals surface area contributed by atoms with Crippen molar-refractivity contribution in [3.63, 3.8) is 0 Å². The van der Waals surface area contributed by atoms with E-state index in [0.717, 1.165) is 24.7 Å². The fourth-order valence-corrected chi connectivity index (χ4v) is 6.17. The number of nitrogens with zero attached hydrogens (tertiary/aromatic N) is 1. The standard InChI is InChI=1S/C21H26N2O/c1-3-19-17-11-18-16-6-4-12-10-13(24)5-7-14(12)15(16)8-9-21(18,2)20(17)23-22-19/h5,7,10,15-16,18,24H,3-4,6,8-9,11H2,1-2H3,(H,22,23)/t15?,16?,18?,21-/m0/s1. The Balaban J connectivity index is 1.55. The van der Waals surface area contributed by atoms with Crippen molar-refractivity contribution in [1.82, 2.24) is 10.2 Å². The van der Waals surface area contributed by atoms with E-state index in [0.29, 0.717) is 11.7 Å². The number of aromatic amines is 1. The molecule has 0 amide bonds. The fourth-order valence-electron chi connectivity index (χ4n) is 6.17. The van der Waals surface area contributed by atoms with Gasteiger partial charge in [0.25, 0.3) is 0 Å². The third-order valence-corrected chi connectivity index (χ3v) is 7.37. The molecule has 0 bridgehead atoms. The second kappa shape index (κ2) is 4.87. The van der Waals surface area contributed by atoms with Crippen molar-refractivity contribution in [2.45, 2.75) is 63.7 Å². The van der Waals surface area contributed by atoms with Gasteiger partial charge in [-0.15, -0.1) is 0 Å². The molecule has 1 heterocycles. The van der Waals surface area contributed by atoms with Crippen molar-refractivity contribution >= 4 is 0 Å². The highest BCUT2D eigenvalue weighted by Crippen LogP contribution is 2.60. The van der Waals surface area contributed by atoms with Crippen LogP contribution in [0.1, 0.15) is 67.1 Å². The number of aromatic nitrogens is 2. The smallest absolute Gasteiger partial charge is 0.115 e. The highest BCUT2D eigenvalue weighted by Gasteiger charge is 2.54. The van der Waals surface area contributed by atoms with Crippen LogP contribution in [0.15, 0.2) is 18.2 Å². The molecule has 2 N–H and O–H groups in total. The van der Waals surface area contributed by atoms with E-state index in [1.54, 1.807) is 0 Å². The molecule has 0 saturated heterocycles. The first kappa shape index (κ1) is 14.6. The first-order valence-corrected chi connectivity index (χ1v) is 9.50. The number of aryl methyl sites for hydroxylation is 2. The summed E-state index contributed by atoms with van der Waals surface area (Å²) in [6, 6.07) is 6.06. The summed E-state index contributed by atoms with van der Waals surface area (Å²) in [6.07, 6.45) is 7.13. The molecule has 1 aromatic heterocycles. The van der Waals surface area contributed by atoms with Crippen LogP contribution >= 0.6 is 0 Å². The Morgan fingerprint density at radius 1 is 1.33 bits per heavy atom. The van der Waals surface area contributed by atoms with Gasteiger partial charge in [0.2, 0.25) is 0 Å². The van der Waals surface area contributed by atoms with Crippen molar-refractivity contribution in [3.05, 3.63) is 46.3 Å². The third kappa shape index (κ3) is 1.76. The van der Waals surface area contributed by atoms with Crippen LogP contribution in [0.4, 0.5) is 0 Å². The molecule has 3 unspecified atom stereocenters. The number of phenols is 1. The van der Waals surface area contributed by atoms with Gasteiger partial charge >= 0.3 is 0 Å². The molecule has 1 saturated carbocycles. The second-order valence-corrected chi connectivity index (χ2v) is 8.34. The van der Waals surface area contributed by atoms with E-state index in [-0.39, 0.29) is 5.41 Å². The van der Waals surface area contributed by atoms with E-state index < -0.39 is 0 Å². The van der Waals surface area contributed by atoms with Crippen LogP contribution < -0.4 is 0 Å². The van der Waals surface area contributed by atoms with E-state index in [4.69, 9.17) is 5.10 Å². The maximum Gasteiger partial charge on any atom is 0.115 e. The first-order chi connectivity index (χ1) is 11.6. The first-order valence-electron chi connectivity index (χ1n) is 9.50. The summed E-state index contributed by atoms with van der Waals surface area (Å²) in [4.78, 5) is 0. The van der Waals surface area contributed by atoms with Gasteiger partial charge in [-0.05, 0) is 85.1 Å². The molecule has 0 radical (unpaired) electrons. The summed E-state index contributed by atoms with van der Waals surface area (Å²) < 4.78 is 0. The number of hydrogen-bond acceptors (Lipinski definition) is 2. The molecule has 3 nitrogen and oxygen atoms in total. The van der Waals surface area contributed by atoms with Gasteiger partial charge in [-0.2, -0.15) is 5.10 Å². The highest BCUT2D eigenvalue weighted by molar-refractivity contribution is 5.44. The maximum atomic E-state index is 9.81. The monoisotopic (exact) mass is 322 g/mol.